The lowest BCUT2D eigenvalue weighted by molar-refractivity contribution is -0.143. The molecule has 0 bridgehead atoms. The van der Waals surface area contributed by atoms with Gasteiger partial charge in [0.15, 0.2) is 0 Å². The van der Waals surface area contributed by atoms with Gasteiger partial charge in [0.1, 0.15) is 5.78 Å². The Morgan fingerprint density at radius 1 is 1.29 bits per heavy atom. The molecule has 3 nitrogen and oxygen atoms in total. The van der Waals surface area contributed by atoms with E-state index >= 15 is 0 Å². The lowest BCUT2D eigenvalue weighted by Gasteiger charge is -2.04. The summed E-state index contributed by atoms with van der Waals surface area (Å²) in [6.07, 6.45) is 7.83. The van der Waals surface area contributed by atoms with Crippen LogP contribution < -0.4 is 0 Å². The Bertz CT molecular complexity index is 253. The molecule has 2 atom stereocenters. The van der Waals surface area contributed by atoms with Crippen LogP contribution in [0.4, 0.5) is 0 Å². The fourth-order valence-corrected chi connectivity index (χ4v) is 1.65. The summed E-state index contributed by atoms with van der Waals surface area (Å²) in [5.74, 6) is 0.133. The molecule has 2 saturated carbocycles. The number of ketones is 1. The summed E-state index contributed by atoms with van der Waals surface area (Å²) in [5.41, 5.74) is 0. The minimum Gasteiger partial charge on any atom is -0.469 e. The van der Waals surface area contributed by atoms with Crippen LogP contribution in [-0.2, 0) is 14.3 Å². The molecule has 14 heavy (non-hydrogen) atoms. The van der Waals surface area contributed by atoms with E-state index in [1.54, 1.807) is 12.8 Å². The van der Waals surface area contributed by atoms with Crippen LogP contribution in [0.2, 0.25) is 0 Å². The molecular formula is C11H11O3. The molecule has 0 unspecified atom stereocenters. The highest BCUT2D eigenvalue weighted by Gasteiger charge is 2.50. The topological polar surface area (TPSA) is 43.4 Å². The van der Waals surface area contributed by atoms with Gasteiger partial charge in [0.05, 0.1) is 13.0 Å². The summed E-state index contributed by atoms with van der Waals surface area (Å²) in [4.78, 5) is 22.8. The Kier molecular flexibility index (Phi) is 2.57. The average Bonchev–Trinajstić information content (AvgIpc) is 2.81. The molecule has 5 radical (unpaired) electrons. The van der Waals surface area contributed by atoms with Crippen LogP contribution >= 0.6 is 0 Å². The third-order valence-corrected chi connectivity index (χ3v) is 2.58. The van der Waals surface area contributed by atoms with Crippen LogP contribution in [0.15, 0.2) is 0 Å². The summed E-state index contributed by atoms with van der Waals surface area (Å²) in [5, 5.41) is 0. The van der Waals surface area contributed by atoms with Gasteiger partial charge in [-0.1, -0.05) is 0 Å². The molecule has 0 aliphatic heterocycles. The Hall–Kier alpha value is -0.860. The summed E-state index contributed by atoms with van der Waals surface area (Å²) in [6, 6.07) is 0. The van der Waals surface area contributed by atoms with Crippen molar-refractivity contribution in [2.45, 2.75) is 6.42 Å². The van der Waals surface area contributed by atoms with E-state index in [-0.39, 0.29) is 23.6 Å². The molecule has 2 fully saturated rings. The molecule has 0 spiro atoms. The third kappa shape index (κ3) is 1.68. The molecule has 0 aromatic carbocycles. The van der Waals surface area contributed by atoms with Gasteiger partial charge >= 0.3 is 5.97 Å². The highest BCUT2D eigenvalue weighted by molar-refractivity contribution is 6.03. The molecule has 0 heterocycles. The molecule has 0 N–H and O–H groups in total. The fraction of sp³-hybridized carbons (Fsp3) is 0.364. The molecule has 2 rings (SSSR count). The van der Waals surface area contributed by atoms with Crippen LogP contribution in [0.1, 0.15) is 6.42 Å². The van der Waals surface area contributed by atoms with Crippen molar-refractivity contribution in [2.24, 2.45) is 11.8 Å². The number of carbonyl (C=O) groups excluding carboxylic acids is 2. The van der Waals surface area contributed by atoms with Crippen LogP contribution in [-0.4, -0.2) is 18.9 Å². The molecule has 2 aliphatic rings. The Labute approximate surface area is 83.8 Å². The third-order valence-electron chi connectivity index (χ3n) is 2.58. The van der Waals surface area contributed by atoms with E-state index in [0.717, 1.165) is 0 Å². The number of rotatable bonds is 3. The zero-order valence-corrected chi connectivity index (χ0v) is 7.90. The summed E-state index contributed by atoms with van der Waals surface area (Å²) >= 11 is 0. The Morgan fingerprint density at radius 2 is 1.93 bits per heavy atom. The highest BCUT2D eigenvalue weighted by Crippen LogP contribution is 2.44. The van der Waals surface area contributed by atoms with Gasteiger partial charge in [-0.05, 0) is 32.1 Å². The maximum absolute atomic E-state index is 11.7. The van der Waals surface area contributed by atoms with Crippen LogP contribution in [0, 0.1) is 43.4 Å². The maximum Gasteiger partial charge on any atom is 0.309 e. The molecule has 0 aromatic heterocycles. The Balaban J connectivity index is 1.86. The smallest absolute Gasteiger partial charge is 0.309 e. The molecule has 3 heteroatoms. The van der Waals surface area contributed by atoms with Crippen molar-refractivity contribution < 1.29 is 14.3 Å². The first-order chi connectivity index (χ1) is 6.74. The number of esters is 1. The van der Waals surface area contributed by atoms with Crippen LogP contribution in [0.5, 0.6) is 0 Å². The van der Waals surface area contributed by atoms with E-state index in [2.05, 4.69) is 4.74 Å². The normalized spacial score (nSPS) is 31.5. The SMILES string of the molecule is COC(=O)[C@H]1C[C@@H]1C(=O)[C]1[CH][CH][CH][CH]1. The lowest BCUT2D eigenvalue weighted by Crippen LogP contribution is -2.15. The number of ether oxygens (including phenoxy) is 1. The van der Waals surface area contributed by atoms with Gasteiger partial charge in [-0.3, -0.25) is 9.59 Å². The predicted molar refractivity (Wildman–Crippen MR) is 49.1 cm³/mol. The molecule has 0 amide bonds. The van der Waals surface area contributed by atoms with E-state index in [9.17, 15) is 9.59 Å². The van der Waals surface area contributed by atoms with Crippen molar-refractivity contribution >= 4 is 11.8 Å². The molecule has 0 aromatic rings. The zero-order valence-electron chi connectivity index (χ0n) is 7.90. The standard InChI is InChI=1S/C11H11O3/c1-14-11(13)9-6-8(9)10(12)7-4-2-3-5-7/h2-5,8-9H,6H2,1H3/t8-,9-/m0/s1. The van der Waals surface area contributed by atoms with Crippen molar-refractivity contribution in [3.63, 3.8) is 0 Å². The van der Waals surface area contributed by atoms with Gasteiger partial charge in [-0.15, -0.1) is 0 Å². The van der Waals surface area contributed by atoms with Gasteiger partial charge in [0, 0.05) is 11.8 Å². The van der Waals surface area contributed by atoms with Crippen molar-refractivity contribution in [1.82, 2.24) is 0 Å². The second kappa shape index (κ2) is 3.71. The quantitative estimate of drug-likeness (QED) is 0.619. The van der Waals surface area contributed by atoms with E-state index in [1.807, 2.05) is 12.8 Å². The van der Waals surface area contributed by atoms with E-state index < -0.39 is 0 Å². The van der Waals surface area contributed by atoms with Gasteiger partial charge in [-0.2, -0.15) is 0 Å². The minimum atomic E-state index is -0.269. The van der Waals surface area contributed by atoms with Crippen molar-refractivity contribution in [3.05, 3.63) is 31.6 Å². The molecular weight excluding hydrogens is 180 g/mol. The number of hydrogen-bond acceptors (Lipinski definition) is 3. The maximum atomic E-state index is 11.7. The van der Waals surface area contributed by atoms with Gasteiger partial charge in [-0.25, -0.2) is 0 Å². The largest absolute Gasteiger partial charge is 0.469 e. The number of carbonyl (C=O) groups is 2. The molecule has 2 aliphatic carbocycles. The molecule has 73 valence electrons. The molecule has 0 saturated heterocycles. The van der Waals surface area contributed by atoms with E-state index in [4.69, 9.17) is 0 Å². The van der Waals surface area contributed by atoms with E-state index in [1.165, 1.54) is 7.11 Å². The fourth-order valence-electron chi connectivity index (χ4n) is 1.65. The minimum absolute atomic E-state index is 0.0606. The number of methoxy groups -OCH3 is 1. The first-order valence-electron chi connectivity index (χ1n) is 4.58. The summed E-state index contributed by atoms with van der Waals surface area (Å²) < 4.78 is 4.58. The van der Waals surface area contributed by atoms with Gasteiger partial charge in [0.2, 0.25) is 0 Å². The second-order valence-corrected chi connectivity index (χ2v) is 3.51. The summed E-state index contributed by atoms with van der Waals surface area (Å²) in [7, 11) is 1.35. The van der Waals surface area contributed by atoms with Crippen LogP contribution in [0.25, 0.3) is 0 Å². The highest BCUT2D eigenvalue weighted by atomic mass is 16.5. The van der Waals surface area contributed by atoms with Crippen molar-refractivity contribution in [2.75, 3.05) is 7.11 Å². The lowest BCUT2D eigenvalue weighted by atomic mass is 9.98. The van der Waals surface area contributed by atoms with E-state index in [0.29, 0.717) is 12.3 Å². The number of hydrogen-bond donors (Lipinski definition) is 0. The van der Waals surface area contributed by atoms with Gasteiger partial charge < -0.3 is 4.74 Å². The predicted octanol–water partition coefficient (Wildman–Crippen LogP) is 0.770. The van der Waals surface area contributed by atoms with Crippen molar-refractivity contribution in [1.29, 1.82) is 0 Å². The zero-order chi connectivity index (χ0) is 10.1. The van der Waals surface area contributed by atoms with Crippen LogP contribution in [0.3, 0.4) is 0 Å². The number of Topliss-reactive ketones (excluding diaryl/α,β-unsaturated/α-hetero) is 1. The Morgan fingerprint density at radius 3 is 2.50 bits per heavy atom. The summed E-state index contributed by atoms with van der Waals surface area (Å²) in [6.45, 7) is 0. The first kappa shape index (κ1) is 9.69. The second-order valence-electron chi connectivity index (χ2n) is 3.51. The monoisotopic (exact) mass is 191 g/mol. The average molecular weight is 191 g/mol. The van der Waals surface area contributed by atoms with Crippen molar-refractivity contribution in [3.8, 4) is 0 Å². The van der Waals surface area contributed by atoms with Gasteiger partial charge in [0.25, 0.3) is 0 Å². The first-order valence-corrected chi connectivity index (χ1v) is 4.58.